The summed E-state index contributed by atoms with van der Waals surface area (Å²) in [6.45, 7) is 5.30. The Bertz CT molecular complexity index is 649. The van der Waals surface area contributed by atoms with Crippen LogP contribution in [0.25, 0.3) is 0 Å². The number of piperidine rings is 1. The SMILES string of the molecule is C[C@H](Cn1ccnc1)NC(=O)NCc1ccc(N2CCCCC2)nc1. The zero-order chi connectivity index (χ0) is 17.5. The van der Waals surface area contributed by atoms with Crippen molar-refractivity contribution in [1.82, 2.24) is 25.2 Å². The predicted octanol–water partition coefficient (Wildman–Crippen LogP) is 2.16. The van der Waals surface area contributed by atoms with Gasteiger partial charge in [0.15, 0.2) is 0 Å². The van der Waals surface area contributed by atoms with Crippen LogP contribution < -0.4 is 15.5 Å². The maximum Gasteiger partial charge on any atom is 0.315 e. The normalized spacial score (nSPS) is 15.6. The van der Waals surface area contributed by atoms with Gasteiger partial charge in [-0.3, -0.25) is 0 Å². The maximum absolute atomic E-state index is 12.0. The molecule has 0 bridgehead atoms. The second-order valence-electron chi connectivity index (χ2n) is 6.56. The summed E-state index contributed by atoms with van der Waals surface area (Å²) in [6.07, 6.45) is 11.0. The Labute approximate surface area is 148 Å². The molecule has 2 aromatic heterocycles. The fourth-order valence-corrected chi connectivity index (χ4v) is 3.05. The Hall–Kier alpha value is -2.57. The number of hydrogen-bond donors (Lipinski definition) is 2. The van der Waals surface area contributed by atoms with E-state index in [1.165, 1.54) is 19.3 Å². The van der Waals surface area contributed by atoms with Gasteiger partial charge in [-0.25, -0.2) is 14.8 Å². The summed E-state index contributed by atoms with van der Waals surface area (Å²) in [5.41, 5.74) is 0.998. The van der Waals surface area contributed by atoms with E-state index in [0.29, 0.717) is 13.1 Å². The molecule has 25 heavy (non-hydrogen) atoms. The van der Waals surface area contributed by atoms with E-state index in [4.69, 9.17) is 0 Å². The first-order valence-corrected chi connectivity index (χ1v) is 8.91. The van der Waals surface area contributed by atoms with Crippen LogP contribution in [0.3, 0.4) is 0 Å². The van der Waals surface area contributed by atoms with E-state index >= 15 is 0 Å². The number of imidazole rings is 1. The number of rotatable bonds is 6. The largest absolute Gasteiger partial charge is 0.357 e. The van der Waals surface area contributed by atoms with E-state index in [0.717, 1.165) is 24.5 Å². The van der Waals surface area contributed by atoms with E-state index in [1.54, 1.807) is 12.5 Å². The van der Waals surface area contributed by atoms with Gasteiger partial charge in [0.1, 0.15) is 5.82 Å². The van der Waals surface area contributed by atoms with E-state index in [9.17, 15) is 4.79 Å². The fourth-order valence-electron chi connectivity index (χ4n) is 3.05. The van der Waals surface area contributed by atoms with Crippen LogP contribution in [-0.4, -0.2) is 39.7 Å². The molecule has 7 nitrogen and oxygen atoms in total. The molecule has 1 aliphatic rings. The molecule has 1 atom stereocenters. The van der Waals surface area contributed by atoms with E-state index in [-0.39, 0.29) is 12.1 Å². The smallest absolute Gasteiger partial charge is 0.315 e. The number of amides is 2. The van der Waals surface area contributed by atoms with E-state index in [1.807, 2.05) is 36.0 Å². The van der Waals surface area contributed by atoms with E-state index < -0.39 is 0 Å². The molecule has 3 heterocycles. The molecule has 0 radical (unpaired) electrons. The van der Waals surface area contributed by atoms with Crippen molar-refractivity contribution in [2.75, 3.05) is 18.0 Å². The maximum atomic E-state index is 12.0. The molecular weight excluding hydrogens is 316 g/mol. The van der Waals surface area contributed by atoms with Crippen LogP contribution in [0.4, 0.5) is 10.6 Å². The minimum absolute atomic E-state index is 0.0220. The van der Waals surface area contributed by atoms with Crippen molar-refractivity contribution >= 4 is 11.8 Å². The molecule has 2 aromatic rings. The molecule has 7 heteroatoms. The minimum atomic E-state index is -0.173. The fraction of sp³-hybridized carbons (Fsp3) is 0.500. The highest BCUT2D eigenvalue weighted by molar-refractivity contribution is 5.74. The topological polar surface area (TPSA) is 75.1 Å². The van der Waals surface area contributed by atoms with E-state index in [2.05, 4.69) is 25.5 Å². The van der Waals surface area contributed by atoms with Crippen molar-refractivity contribution in [3.8, 4) is 0 Å². The van der Waals surface area contributed by atoms with Gasteiger partial charge in [-0.1, -0.05) is 6.07 Å². The summed E-state index contributed by atoms with van der Waals surface area (Å²) >= 11 is 0. The summed E-state index contributed by atoms with van der Waals surface area (Å²) in [5.74, 6) is 1.03. The lowest BCUT2D eigenvalue weighted by Crippen LogP contribution is -2.42. The van der Waals surface area contributed by atoms with Gasteiger partial charge in [0.05, 0.1) is 6.33 Å². The third-order valence-electron chi connectivity index (χ3n) is 4.36. The molecule has 1 aliphatic heterocycles. The highest BCUT2D eigenvalue weighted by Gasteiger charge is 2.12. The third-order valence-corrected chi connectivity index (χ3v) is 4.36. The first-order valence-electron chi connectivity index (χ1n) is 8.91. The lowest BCUT2D eigenvalue weighted by Gasteiger charge is -2.27. The molecule has 2 amide bonds. The van der Waals surface area contributed by atoms with Crippen molar-refractivity contribution in [3.63, 3.8) is 0 Å². The first-order chi connectivity index (χ1) is 12.2. The molecule has 0 unspecified atom stereocenters. The van der Waals surface area contributed by atoms with Crippen LogP contribution in [0.5, 0.6) is 0 Å². The van der Waals surface area contributed by atoms with Crippen molar-refractivity contribution in [2.24, 2.45) is 0 Å². The number of carbonyl (C=O) groups is 1. The second-order valence-corrected chi connectivity index (χ2v) is 6.56. The number of pyridine rings is 1. The number of carbonyl (C=O) groups excluding carboxylic acids is 1. The van der Waals surface area contributed by atoms with Gasteiger partial charge in [-0.05, 0) is 37.8 Å². The Morgan fingerprint density at radius 1 is 1.28 bits per heavy atom. The Morgan fingerprint density at radius 2 is 2.12 bits per heavy atom. The third kappa shape index (κ3) is 5.20. The summed E-state index contributed by atoms with van der Waals surface area (Å²) in [5, 5.41) is 5.80. The highest BCUT2D eigenvalue weighted by Crippen LogP contribution is 2.17. The monoisotopic (exact) mass is 342 g/mol. The summed E-state index contributed by atoms with van der Waals surface area (Å²) in [7, 11) is 0. The van der Waals surface area contributed by atoms with Crippen LogP contribution in [-0.2, 0) is 13.1 Å². The van der Waals surface area contributed by atoms with Gasteiger partial charge >= 0.3 is 6.03 Å². The number of nitrogens with one attached hydrogen (secondary N) is 2. The molecule has 2 N–H and O–H groups in total. The number of aromatic nitrogens is 3. The van der Waals surface area contributed by atoms with Gasteiger partial charge < -0.3 is 20.1 Å². The van der Waals surface area contributed by atoms with Crippen LogP contribution in [0.15, 0.2) is 37.1 Å². The van der Waals surface area contributed by atoms with Crippen molar-refractivity contribution < 1.29 is 4.79 Å². The Kier molecular flexibility index (Phi) is 5.87. The zero-order valence-corrected chi connectivity index (χ0v) is 14.7. The van der Waals surface area contributed by atoms with Crippen LogP contribution in [0.1, 0.15) is 31.7 Å². The molecule has 0 aromatic carbocycles. The predicted molar refractivity (Wildman–Crippen MR) is 97.4 cm³/mol. The molecule has 1 fully saturated rings. The number of anilines is 1. The standard InChI is InChI=1S/C18H26N6O/c1-15(13-23-10-7-19-14-23)22-18(25)21-12-16-5-6-17(20-11-16)24-8-3-2-4-9-24/h5-7,10-11,14-15H,2-4,8-9,12-13H2,1H3,(H2,21,22,25)/t15-/m1/s1. The van der Waals surface area contributed by atoms with Crippen molar-refractivity contribution in [1.29, 1.82) is 0 Å². The molecule has 134 valence electrons. The van der Waals surface area contributed by atoms with Crippen LogP contribution >= 0.6 is 0 Å². The Balaban J connectivity index is 1.42. The molecule has 0 spiro atoms. The average Bonchev–Trinajstić information content (AvgIpc) is 3.14. The van der Waals surface area contributed by atoms with Crippen molar-refractivity contribution in [3.05, 3.63) is 42.6 Å². The lowest BCUT2D eigenvalue weighted by molar-refractivity contribution is 0.236. The van der Waals surface area contributed by atoms with Crippen LogP contribution in [0.2, 0.25) is 0 Å². The second kappa shape index (κ2) is 8.50. The summed E-state index contributed by atoms with van der Waals surface area (Å²) in [4.78, 5) is 22.8. The zero-order valence-electron chi connectivity index (χ0n) is 14.7. The molecular formula is C18H26N6O. The number of nitrogens with zero attached hydrogens (tertiary/aromatic N) is 4. The lowest BCUT2D eigenvalue weighted by atomic mass is 10.1. The number of urea groups is 1. The Morgan fingerprint density at radius 3 is 2.80 bits per heavy atom. The van der Waals surface area contributed by atoms with Crippen LogP contribution in [0, 0.1) is 0 Å². The summed E-state index contributed by atoms with van der Waals surface area (Å²) in [6, 6.07) is 3.93. The summed E-state index contributed by atoms with van der Waals surface area (Å²) < 4.78 is 1.94. The van der Waals surface area contributed by atoms with Gasteiger partial charge in [0, 0.05) is 50.8 Å². The minimum Gasteiger partial charge on any atom is -0.357 e. The first kappa shape index (κ1) is 17.3. The molecule has 3 rings (SSSR count). The van der Waals surface area contributed by atoms with Gasteiger partial charge in [-0.15, -0.1) is 0 Å². The average molecular weight is 342 g/mol. The van der Waals surface area contributed by atoms with Crippen molar-refractivity contribution in [2.45, 2.75) is 45.3 Å². The number of hydrogen-bond acceptors (Lipinski definition) is 4. The van der Waals surface area contributed by atoms with Gasteiger partial charge in [0.2, 0.25) is 0 Å². The van der Waals surface area contributed by atoms with Gasteiger partial charge in [-0.2, -0.15) is 0 Å². The molecule has 0 aliphatic carbocycles. The van der Waals surface area contributed by atoms with Gasteiger partial charge in [0.25, 0.3) is 0 Å². The quantitative estimate of drug-likeness (QED) is 0.843. The molecule has 0 saturated carbocycles. The molecule has 1 saturated heterocycles. The highest BCUT2D eigenvalue weighted by atomic mass is 16.2.